The van der Waals surface area contributed by atoms with Gasteiger partial charge in [0.25, 0.3) is 0 Å². The molecule has 0 aromatic heterocycles. The molecule has 0 aliphatic heterocycles. The molecule has 1 saturated carbocycles. The molecule has 0 radical (unpaired) electrons. The van der Waals surface area contributed by atoms with Gasteiger partial charge in [0, 0.05) is 18.3 Å². The molecule has 1 aliphatic rings. The van der Waals surface area contributed by atoms with E-state index < -0.39 is 0 Å². The molecule has 2 heteroatoms. The highest BCUT2D eigenvalue weighted by Crippen LogP contribution is 2.27. The molecule has 88 valence electrons. The Hall–Kier alpha value is -1.02. The van der Waals surface area contributed by atoms with Crippen LogP contribution in [0.4, 0.5) is 5.69 Å². The number of nitrogens with zero attached hydrogens (tertiary/aromatic N) is 1. The summed E-state index contributed by atoms with van der Waals surface area (Å²) in [6.45, 7) is 4.71. The number of hydrogen-bond donors (Lipinski definition) is 1. The lowest BCUT2D eigenvalue weighted by atomic mass is 10.1. The van der Waals surface area contributed by atoms with E-state index in [1.54, 1.807) is 0 Å². The fourth-order valence-electron chi connectivity index (χ4n) is 2.16. The SMILES string of the molecule is CCCN(CCc1ccc(N)cc1)C1CC1. The van der Waals surface area contributed by atoms with E-state index in [2.05, 4.69) is 24.0 Å². The third-order valence-corrected chi connectivity index (χ3v) is 3.24. The monoisotopic (exact) mass is 218 g/mol. The van der Waals surface area contributed by atoms with Crippen LogP contribution in [0.15, 0.2) is 24.3 Å². The fraction of sp³-hybridized carbons (Fsp3) is 0.571. The Morgan fingerprint density at radius 3 is 2.44 bits per heavy atom. The molecular formula is C14H22N2. The van der Waals surface area contributed by atoms with E-state index >= 15 is 0 Å². The third kappa shape index (κ3) is 3.24. The third-order valence-electron chi connectivity index (χ3n) is 3.24. The Morgan fingerprint density at radius 2 is 1.88 bits per heavy atom. The fourth-order valence-corrected chi connectivity index (χ4v) is 2.16. The van der Waals surface area contributed by atoms with Crippen molar-refractivity contribution in [3.63, 3.8) is 0 Å². The molecule has 1 aromatic carbocycles. The molecule has 0 atom stereocenters. The molecule has 1 aromatic rings. The van der Waals surface area contributed by atoms with Gasteiger partial charge in [-0.15, -0.1) is 0 Å². The average molecular weight is 218 g/mol. The molecule has 2 rings (SSSR count). The van der Waals surface area contributed by atoms with Crippen molar-refractivity contribution in [3.05, 3.63) is 29.8 Å². The lowest BCUT2D eigenvalue weighted by Crippen LogP contribution is -2.29. The zero-order valence-electron chi connectivity index (χ0n) is 10.2. The summed E-state index contributed by atoms with van der Waals surface area (Å²) in [6.07, 6.45) is 5.22. The van der Waals surface area contributed by atoms with E-state index in [1.165, 1.54) is 37.9 Å². The molecule has 2 nitrogen and oxygen atoms in total. The first kappa shape index (κ1) is 11.5. The van der Waals surface area contributed by atoms with Crippen LogP contribution in [0.3, 0.4) is 0 Å². The van der Waals surface area contributed by atoms with E-state index in [0.717, 1.165) is 18.2 Å². The standard InChI is InChI=1S/C14H22N2/c1-2-10-16(14-7-8-14)11-9-12-3-5-13(15)6-4-12/h3-6,14H,2,7-11,15H2,1H3. The molecular weight excluding hydrogens is 196 g/mol. The topological polar surface area (TPSA) is 29.3 Å². The molecule has 0 amide bonds. The Bertz CT molecular complexity index is 314. The number of benzene rings is 1. The van der Waals surface area contributed by atoms with Crippen molar-refractivity contribution in [2.24, 2.45) is 0 Å². The lowest BCUT2D eigenvalue weighted by molar-refractivity contribution is 0.267. The summed E-state index contributed by atoms with van der Waals surface area (Å²) in [5.74, 6) is 0. The Kier molecular flexibility index (Phi) is 3.83. The van der Waals surface area contributed by atoms with E-state index in [-0.39, 0.29) is 0 Å². The molecule has 1 fully saturated rings. The van der Waals surface area contributed by atoms with Gasteiger partial charge < -0.3 is 10.6 Å². The second-order valence-electron chi connectivity index (χ2n) is 4.76. The Balaban J connectivity index is 1.82. The van der Waals surface area contributed by atoms with Gasteiger partial charge in [0.1, 0.15) is 0 Å². The number of nitrogen functional groups attached to an aromatic ring is 1. The molecule has 0 heterocycles. The quantitative estimate of drug-likeness (QED) is 0.744. The summed E-state index contributed by atoms with van der Waals surface area (Å²) in [6, 6.07) is 9.17. The van der Waals surface area contributed by atoms with Gasteiger partial charge in [-0.25, -0.2) is 0 Å². The molecule has 2 N–H and O–H groups in total. The van der Waals surface area contributed by atoms with Crippen LogP contribution in [0.2, 0.25) is 0 Å². The molecule has 0 saturated heterocycles. The molecule has 16 heavy (non-hydrogen) atoms. The van der Waals surface area contributed by atoms with Crippen molar-refractivity contribution in [3.8, 4) is 0 Å². The van der Waals surface area contributed by atoms with Crippen molar-refractivity contribution in [1.82, 2.24) is 4.90 Å². The zero-order valence-corrected chi connectivity index (χ0v) is 10.2. The van der Waals surface area contributed by atoms with Crippen molar-refractivity contribution in [2.75, 3.05) is 18.8 Å². The van der Waals surface area contributed by atoms with Crippen molar-refractivity contribution < 1.29 is 0 Å². The highest BCUT2D eigenvalue weighted by Gasteiger charge is 2.27. The van der Waals surface area contributed by atoms with Gasteiger partial charge in [-0.1, -0.05) is 19.1 Å². The van der Waals surface area contributed by atoms with Gasteiger partial charge in [0.05, 0.1) is 0 Å². The molecule has 0 bridgehead atoms. The predicted octanol–water partition coefficient (Wildman–Crippen LogP) is 2.69. The number of hydrogen-bond acceptors (Lipinski definition) is 2. The summed E-state index contributed by atoms with van der Waals surface area (Å²) >= 11 is 0. The Morgan fingerprint density at radius 1 is 1.19 bits per heavy atom. The smallest absolute Gasteiger partial charge is 0.0314 e. The summed E-state index contributed by atoms with van der Waals surface area (Å²) in [4.78, 5) is 2.64. The van der Waals surface area contributed by atoms with Crippen LogP contribution in [0.1, 0.15) is 31.7 Å². The van der Waals surface area contributed by atoms with Crippen LogP contribution in [0.25, 0.3) is 0 Å². The van der Waals surface area contributed by atoms with Crippen LogP contribution in [0.5, 0.6) is 0 Å². The second-order valence-corrected chi connectivity index (χ2v) is 4.76. The lowest BCUT2D eigenvalue weighted by Gasteiger charge is -2.21. The summed E-state index contributed by atoms with van der Waals surface area (Å²) in [5.41, 5.74) is 7.93. The summed E-state index contributed by atoms with van der Waals surface area (Å²) in [5, 5.41) is 0. The number of anilines is 1. The van der Waals surface area contributed by atoms with Gasteiger partial charge in [0.15, 0.2) is 0 Å². The molecule has 0 spiro atoms. The number of rotatable bonds is 6. The second kappa shape index (κ2) is 5.35. The van der Waals surface area contributed by atoms with Crippen molar-refractivity contribution in [1.29, 1.82) is 0 Å². The summed E-state index contributed by atoms with van der Waals surface area (Å²) < 4.78 is 0. The predicted molar refractivity (Wildman–Crippen MR) is 69.4 cm³/mol. The van der Waals surface area contributed by atoms with E-state index in [4.69, 9.17) is 5.73 Å². The average Bonchev–Trinajstić information content (AvgIpc) is 3.10. The minimum atomic E-state index is 0.858. The molecule has 1 aliphatic carbocycles. The minimum Gasteiger partial charge on any atom is -0.399 e. The Labute approximate surface area is 98.4 Å². The first-order valence-corrected chi connectivity index (χ1v) is 6.38. The van der Waals surface area contributed by atoms with Crippen LogP contribution in [0, 0.1) is 0 Å². The highest BCUT2D eigenvalue weighted by molar-refractivity contribution is 5.39. The molecule has 0 unspecified atom stereocenters. The van der Waals surface area contributed by atoms with Gasteiger partial charge in [-0.2, -0.15) is 0 Å². The first-order valence-electron chi connectivity index (χ1n) is 6.38. The van der Waals surface area contributed by atoms with Crippen LogP contribution in [-0.4, -0.2) is 24.0 Å². The summed E-state index contributed by atoms with van der Waals surface area (Å²) in [7, 11) is 0. The van der Waals surface area contributed by atoms with Crippen LogP contribution >= 0.6 is 0 Å². The maximum absolute atomic E-state index is 5.68. The maximum Gasteiger partial charge on any atom is 0.0314 e. The maximum atomic E-state index is 5.68. The van der Waals surface area contributed by atoms with Gasteiger partial charge >= 0.3 is 0 Å². The minimum absolute atomic E-state index is 0.858. The van der Waals surface area contributed by atoms with E-state index in [1.807, 2.05) is 12.1 Å². The first-order chi connectivity index (χ1) is 7.79. The van der Waals surface area contributed by atoms with Crippen molar-refractivity contribution >= 4 is 5.69 Å². The van der Waals surface area contributed by atoms with Gasteiger partial charge in [-0.3, -0.25) is 0 Å². The van der Waals surface area contributed by atoms with Crippen molar-refractivity contribution in [2.45, 2.75) is 38.6 Å². The van der Waals surface area contributed by atoms with E-state index in [9.17, 15) is 0 Å². The van der Waals surface area contributed by atoms with Gasteiger partial charge in [0.2, 0.25) is 0 Å². The van der Waals surface area contributed by atoms with Crippen LogP contribution in [-0.2, 0) is 6.42 Å². The number of nitrogens with two attached hydrogens (primary N) is 1. The van der Waals surface area contributed by atoms with Gasteiger partial charge in [-0.05, 0) is 49.9 Å². The van der Waals surface area contributed by atoms with Crippen LogP contribution < -0.4 is 5.73 Å². The zero-order chi connectivity index (χ0) is 11.4. The normalized spacial score (nSPS) is 15.6. The highest BCUT2D eigenvalue weighted by atomic mass is 15.2. The largest absolute Gasteiger partial charge is 0.399 e. The van der Waals surface area contributed by atoms with E-state index in [0.29, 0.717) is 0 Å².